The molecule has 0 spiro atoms. The summed E-state index contributed by atoms with van der Waals surface area (Å²) in [6, 6.07) is 12.4. The zero-order chi connectivity index (χ0) is 20.3. The van der Waals surface area contributed by atoms with Crippen LogP contribution in [0, 0.1) is 0 Å². The van der Waals surface area contributed by atoms with E-state index < -0.39 is 10.0 Å². The molecule has 2 amide bonds. The first-order valence-electron chi connectivity index (χ1n) is 9.09. The molecular weight excluding hydrogens is 378 g/mol. The number of hydrogen-bond donors (Lipinski definition) is 3. The number of anilines is 1. The Hall–Kier alpha value is -2.71. The van der Waals surface area contributed by atoms with Crippen molar-refractivity contribution in [3.8, 4) is 0 Å². The number of sulfonamides is 1. The third-order valence-electron chi connectivity index (χ3n) is 4.14. The van der Waals surface area contributed by atoms with Gasteiger partial charge in [0.25, 0.3) is 11.8 Å². The number of nitrogens with one attached hydrogen (secondary N) is 3. The molecule has 0 radical (unpaired) electrons. The van der Waals surface area contributed by atoms with Gasteiger partial charge in [0.2, 0.25) is 10.0 Å². The standard InChI is InChI=1S/C20H23N3O4S/c1-13(2)23-28(26,27)18-11-5-15(6-12-18)20(25)21-16-7-3-14(4-8-16)19(24)22-17-9-10-17/h3-8,11-13,17,23H,9-10H2,1-2H3,(H,21,25)(H,22,24). The van der Waals surface area contributed by atoms with Gasteiger partial charge in [0.1, 0.15) is 0 Å². The third-order valence-corrected chi connectivity index (χ3v) is 5.81. The molecule has 0 heterocycles. The van der Waals surface area contributed by atoms with Gasteiger partial charge in [0.15, 0.2) is 0 Å². The molecule has 28 heavy (non-hydrogen) atoms. The van der Waals surface area contributed by atoms with E-state index in [2.05, 4.69) is 15.4 Å². The van der Waals surface area contributed by atoms with Crippen LogP contribution in [0.15, 0.2) is 53.4 Å². The lowest BCUT2D eigenvalue weighted by atomic mass is 10.1. The fraction of sp³-hybridized carbons (Fsp3) is 0.300. The summed E-state index contributed by atoms with van der Waals surface area (Å²) in [5, 5.41) is 5.64. The molecule has 0 unspecified atom stereocenters. The summed E-state index contributed by atoms with van der Waals surface area (Å²) in [6.07, 6.45) is 2.04. The molecule has 2 aromatic carbocycles. The summed E-state index contributed by atoms with van der Waals surface area (Å²) in [6.45, 7) is 3.47. The number of carbonyl (C=O) groups is 2. The Bertz CT molecular complexity index is 964. The van der Waals surface area contributed by atoms with Gasteiger partial charge in [0.05, 0.1) is 4.90 Å². The van der Waals surface area contributed by atoms with Crippen LogP contribution >= 0.6 is 0 Å². The van der Waals surface area contributed by atoms with Crippen molar-refractivity contribution in [1.82, 2.24) is 10.0 Å². The molecule has 0 aliphatic heterocycles. The number of amides is 2. The van der Waals surface area contributed by atoms with Crippen molar-refractivity contribution < 1.29 is 18.0 Å². The predicted molar refractivity (Wildman–Crippen MR) is 107 cm³/mol. The first-order chi connectivity index (χ1) is 13.2. The van der Waals surface area contributed by atoms with Gasteiger partial charge in [-0.2, -0.15) is 0 Å². The largest absolute Gasteiger partial charge is 0.349 e. The summed E-state index contributed by atoms with van der Waals surface area (Å²) in [5.74, 6) is -0.483. The first-order valence-corrected chi connectivity index (χ1v) is 10.6. The minimum absolute atomic E-state index is 0.101. The van der Waals surface area contributed by atoms with E-state index >= 15 is 0 Å². The highest BCUT2D eigenvalue weighted by Crippen LogP contribution is 2.20. The van der Waals surface area contributed by atoms with Crippen molar-refractivity contribution in [1.29, 1.82) is 0 Å². The normalized spacial score (nSPS) is 14.0. The summed E-state index contributed by atoms with van der Waals surface area (Å²) in [5.41, 5.74) is 1.42. The predicted octanol–water partition coefficient (Wildman–Crippen LogP) is 2.52. The minimum atomic E-state index is -3.60. The van der Waals surface area contributed by atoms with Gasteiger partial charge in [-0.15, -0.1) is 0 Å². The molecule has 1 fully saturated rings. The van der Waals surface area contributed by atoms with Gasteiger partial charge in [-0.1, -0.05) is 0 Å². The molecule has 148 valence electrons. The summed E-state index contributed by atoms with van der Waals surface area (Å²) < 4.78 is 26.7. The number of carbonyl (C=O) groups excluding carboxylic acids is 2. The molecule has 8 heteroatoms. The van der Waals surface area contributed by atoms with E-state index in [1.165, 1.54) is 24.3 Å². The highest BCUT2D eigenvalue weighted by molar-refractivity contribution is 7.89. The average molecular weight is 401 g/mol. The summed E-state index contributed by atoms with van der Waals surface area (Å²) >= 11 is 0. The lowest BCUT2D eigenvalue weighted by Crippen LogP contribution is -2.30. The van der Waals surface area contributed by atoms with E-state index in [0.717, 1.165) is 12.8 Å². The van der Waals surface area contributed by atoms with E-state index in [-0.39, 0.29) is 28.8 Å². The van der Waals surface area contributed by atoms with Crippen molar-refractivity contribution in [2.75, 3.05) is 5.32 Å². The Kier molecular flexibility index (Phi) is 5.81. The summed E-state index contributed by atoms with van der Waals surface area (Å²) in [4.78, 5) is 24.4. The van der Waals surface area contributed by atoms with E-state index in [1.54, 1.807) is 38.1 Å². The van der Waals surface area contributed by atoms with Crippen LogP contribution < -0.4 is 15.4 Å². The van der Waals surface area contributed by atoms with Crippen LogP contribution in [0.5, 0.6) is 0 Å². The van der Waals surface area contributed by atoms with Crippen molar-refractivity contribution in [3.05, 3.63) is 59.7 Å². The fourth-order valence-electron chi connectivity index (χ4n) is 2.57. The van der Waals surface area contributed by atoms with Gasteiger partial charge in [-0.25, -0.2) is 13.1 Å². The smallest absolute Gasteiger partial charge is 0.255 e. The first kappa shape index (κ1) is 20.0. The lowest BCUT2D eigenvalue weighted by molar-refractivity contribution is 0.0950. The van der Waals surface area contributed by atoms with Gasteiger partial charge in [-0.05, 0) is 75.2 Å². The third kappa shape index (κ3) is 5.17. The van der Waals surface area contributed by atoms with Crippen LogP contribution in [-0.2, 0) is 10.0 Å². The van der Waals surface area contributed by atoms with Gasteiger partial charge in [-0.3, -0.25) is 9.59 Å². The lowest BCUT2D eigenvalue weighted by Gasteiger charge is -2.10. The number of rotatable bonds is 7. The topological polar surface area (TPSA) is 104 Å². The van der Waals surface area contributed by atoms with E-state index in [1.807, 2.05) is 0 Å². The molecule has 1 aliphatic carbocycles. The Morgan fingerprint density at radius 1 is 0.893 bits per heavy atom. The van der Waals surface area contributed by atoms with Crippen LogP contribution in [0.3, 0.4) is 0 Å². The Balaban J connectivity index is 1.63. The molecule has 3 N–H and O–H groups in total. The van der Waals surface area contributed by atoms with Crippen molar-refractivity contribution >= 4 is 27.5 Å². The molecule has 0 atom stereocenters. The fourth-order valence-corrected chi connectivity index (χ4v) is 3.82. The Morgan fingerprint density at radius 2 is 1.43 bits per heavy atom. The molecule has 1 aliphatic rings. The Labute approximate surface area is 164 Å². The van der Waals surface area contributed by atoms with Crippen molar-refractivity contribution in [2.45, 2.75) is 43.7 Å². The molecule has 1 saturated carbocycles. The van der Waals surface area contributed by atoms with E-state index in [4.69, 9.17) is 0 Å². The molecule has 0 aromatic heterocycles. The van der Waals surface area contributed by atoms with Gasteiger partial charge in [0, 0.05) is 28.9 Å². The maximum absolute atomic E-state index is 12.4. The van der Waals surface area contributed by atoms with Crippen LogP contribution in [-0.4, -0.2) is 32.3 Å². The van der Waals surface area contributed by atoms with Crippen molar-refractivity contribution in [3.63, 3.8) is 0 Å². The van der Waals surface area contributed by atoms with Gasteiger partial charge >= 0.3 is 0 Å². The number of benzene rings is 2. The van der Waals surface area contributed by atoms with Crippen LogP contribution in [0.25, 0.3) is 0 Å². The maximum Gasteiger partial charge on any atom is 0.255 e. The van der Waals surface area contributed by atoms with Crippen LogP contribution in [0.1, 0.15) is 47.4 Å². The van der Waals surface area contributed by atoms with Crippen LogP contribution in [0.2, 0.25) is 0 Å². The molecule has 2 aromatic rings. The average Bonchev–Trinajstić information content (AvgIpc) is 3.45. The van der Waals surface area contributed by atoms with E-state index in [9.17, 15) is 18.0 Å². The highest BCUT2D eigenvalue weighted by Gasteiger charge is 2.23. The second-order valence-electron chi connectivity index (χ2n) is 7.08. The molecule has 0 saturated heterocycles. The molecule has 0 bridgehead atoms. The van der Waals surface area contributed by atoms with Gasteiger partial charge < -0.3 is 10.6 Å². The second-order valence-corrected chi connectivity index (χ2v) is 8.79. The molecule has 7 nitrogen and oxygen atoms in total. The van der Waals surface area contributed by atoms with Crippen LogP contribution in [0.4, 0.5) is 5.69 Å². The van der Waals surface area contributed by atoms with Crippen molar-refractivity contribution in [2.24, 2.45) is 0 Å². The monoisotopic (exact) mass is 401 g/mol. The summed E-state index contributed by atoms with van der Waals surface area (Å²) in [7, 11) is -3.60. The zero-order valence-electron chi connectivity index (χ0n) is 15.7. The highest BCUT2D eigenvalue weighted by atomic mass is 32.2. The Morgan fingerprint density at radius 3 is 1.96 bits per heavy atom. The SMILES string of the molecule is CC(C)NS(=O)(=O)c1ccc(C(=O)Nc2ccc(C(=O)NC3CC3)cc2)cc1. The minimum Gasteiger partial charge on any atom is -0.349 e. The number of hydrogen-bond acceptors (Lipinski definition) is 4. The second kappa shape index (κ2) is 8.12. The molecule has 3 rings (SSSR count). The zero-order valence-corrected chi connectivity index (χ0v) is 16.5. The maximum atomic E-state index is 12.4. The quantitative estimate of drug-likeness (QED) is 0.663. The molecular formula is C20H23N3O4S. The van der Waals surface area contributed by atoms with E-state index in [0.29, 0.717) is 16.8 Å².